The fourth-order valence-corrected chi connectivity index (χ4v) is 6.01. The third-order valence-electron chi connectivity index (χ3n) is 8.33. The van der Waals surface area contributed by atoms with Crippen LogP contribution in [0.5, 0.6) is 5.88 Å². The topological polar surface area (TPSA) is 113 Å². The van der Waals surface area contributed by atoms with Crippen molar-refractivity contribution in [1.82, 2.24) is 20.1 Å². The number of primary amides is 1. The quantitative estimate of drug-likeness (QED) is 0.520. The van der Waals surface area contributed by atoms with Gasteiger partial charge in [0, 0.05) is 43.8 Å². The molecule has 3 aliphatic heterocycles. The van der Waals surface area contributed by atoms with Crippen LogP contribution in [-0.2, 0) is 16.0 Å². The Morgan fingerprint density at radius 2 is 1.98 bits per heavy atom. The van der Waals surface area contributed by atoms with E-state index >= 15 is 0 Å². The molecule has 2 saturated heterocycles. The molecule has 11 heteroatoms. The predicted octanol–water partition coefficient (Wildman–Crippen LogP) is 1.80. The van der Waals surface area contributed by atoms with E-state index in [1.807, 2.05) is 6.92 Å². The van der Waals surface area contributed by atoms with Crippen LogP contribution in [0.25, 0.3) is 0 Å². The smallest absolute Gasteiger partial charge is 0.267 e. The van der Waals surface area contributed by atoms with Gasteiger partial charge in [0.15, 0.2) is 0 Å². The molecule has 2 aromatic rings. The molecule has 3 atom stereocenters. The highest BCUT2D eigenvalue weighted by Gasteiger charge is 2.38. The second-order valence-corrected chi connectivity index (χ2v) is 12.1. The number of hydrogen-bond donors (Lipinski definition) is 2. The SMILES string of the molecule is C[C@@H]1CN(CC(=O)N2c3cc(Cc4ccc(F)cc4)c(C(N)=O)nc3OC[C@@H]2C)[C@@H](CN2CCOCC2(C)C)CN1. The molecular formula is C30H41FN6O4. The van der Waals surface area contributed by atoms with Gasteiger partial charge >= 0.3 is 0 Å². The number of aromatic nitrogens is 1. The van der Waals surface area contributed by atoms with Gasteiger partial charge in [-0.25, -0.2) is 9.37 Å². The maximum absolute atomic E-state index is 14.1. The summed E-state index contributed by atoms with van der Waals surface area (Å²) in [5, 5.41) is 3.59. The zero-order valence-corrected chi connectivity index (χ0v) is 24.4. The molecule has 3 aliphatic rings. The molecule has 3 N–H and O–H groups in total. The highest BCUT2D eigenvalue weighted by molar-refractivity contribution is 5.98. The van der Waals surface area contributed by atoms with Crippen LogP contribution in [0.2, 0.25) is 0 Å². The molecule has 2 fully saturated rings. The lowest BCUT2D eigenvalue weighted by Crippen LogP contribution is -2.64. The standard InChI is InChI=1S/C30H41FN6O4/c1-19-14-35(24(13-33-19)15-36-9-10-40-18-30(36,3)4)16-26(38)37-20(2)17-41-29-25(37)12-22(27(34-29)28(32)39)11-21-5-7-23(31)8-6-21/h5-8,12,19-20,24,33H,9-11,13-18H2,1-4H3,(H2,32,39)/t19-,20+,24-/m1/s1. The lowest BCUT2D eigenvalue weighted by molar-refractivity contribution is -0.122. The van der Waals surface area contributed by atoms with Gasteiger partial charge in [0.2, 0.25) is 11.8 Å². The molecule has 0 bridgehead atoms. The van der Waals surface area contributed by atoms with Gasteiger partial charge in [0.1, 0.15) is 23.8 Å². The van der Waals surface area contributed by atoms with Gasteiger partial charge in [-0.2, -0.15) is 0 Å². The van der Waals surface area contributed by atoms with Crippen molar-refractivity contribution in [2.75, 3.05) is 57.4 Å². The first-order valence-electron chi connectivity index (χ1n) is 14.3. The highest BCUT2D eigenvalue weighted by atomic mass is 19.1. The number of benzene rings is 1. The van der Waals surface area contributed by atoms with Gasteiger partial charge < -0.3 is 25.4 Å². The minimum atomic E-state index is -0.686. The molecule has 10 nitrogen and oxygen atoms in total. The first-order chi connectivity index (χ1) is 19.5. The van der Waals surface area contributed by atoms with Crippen molar-refractivity contribution >= 4 is 17.5 Å². The Morgan fingerprint density at radius 1 is 1.22 bits per heavy atom. The van der Waals surface area contributed by atoms with E-state index in [1.165, 1.54) is 12.1 Å². The van der Waals surface area contributed by atoms with Crippen molar-refractivity contribution < 1.29 is 23.5 Å². The van der Waals surface area contributed by atoms with E-state index in [1.54, 1.807) is 23.1 Å². The molecular weight excluding hydrogens is 527 g/mol. The Hall–Kier alpha value is -3.12. The van der Waals surface area contributed by atoms with Crippen LogP contribution < -0.4 is 20.7 Å². The number of nitrogens with one attached hydrogen (secondary N) is 1. The fraction of sp³-hybridized carbons (Fsp3) is 0.567. The summed E-state index contributed by atoms with van der Waals surface area (Å²) in [7, 11) is 0. The second-order valence-electron chi connectivity index (χ2n) is 12.1. The highest BCUT2D eigenvalue weighted by Crippen LogP contribution is 2.35. The number of morpholine rings is 1. The van der Waals surface area contributed by atoms with E-state index in [0.29, 0.717) is 30.9 Å². The number of carbonyl (C=O) groups is 2. The molecule has 41 heavy (non-hydrogen) atoms. The van der Waals surface area contributed by atoms with E-state index in [4.69, 9.17) is 15.2 Å². The van der Waals surface area contributed by atoms with Crippen LogP contribution in [0.3, 0.4) is 0 Å². The minimum absolute atomic E-state index is 0.0521. The van der Waals surface area contributed by atoms with Crippen LogP contribution in [0.15, 0.2) is 30.3 Å². The summed E-state index contributed by atoms with van der Waals surface area (Å²) in [6.45, 7) is 13.6. The molecule has 2 amide bonds. The van der Waals surface area contributed by atoms with Gasteiger partial charge in [-0.05, 0) is 63.4 Å². The Kier molecular flexibility index (Phi) is 8.60. The van der Waals surface area contributed by atoms with Crippen molar-refractivity contribution in [3.63, 3.8) is 0 Å². The summed E-state index contributed by atoms with van der Waals surface area (Å²) in [6, 6.07) is 8.01. The number of hydrogen-bond acceptors (Lipinski definition) is 8. The third-order valence-corrected chi connectivity index (χ3v) is 8.33. The van der Waals surface area contributed by atoms with Crippen LogP contribution in [0, 0.1) is 5.82 Å². The van der Waals surface area contributed by atoms with Gasteiger partial charge in [-0.1, -0.05) is 12.1 Å². The number of nitrogens with two attached hydrogens (primary N) is 1. The first kappa shape index (κ1) is 29.4. The number of anilines is 1. The fourth-order valence-electron chi connectivity index (χ4n) is 6.01. The molecule has 4 heterocycles. The number of fused-ring (bicyclic) bond motifs is 1. The monoisotopic (exact) mass is 568 g/mol. The Morgan fingerprint density at radius 3 is 2.68 bits per heavy atom. The minimum Gasteiger partial charge on any atom is -0.474 e. The number of piperazine rings is 1. The van der Waals surface area contributed by atoms with Crippen molar-refractivity contribution in [2.45, 2.75) is 57.8 Å². The van der Waals surface area contributed by atoms with E-state index in [0.717, 1.165) is 31.7 Å². The average molecular weight is 569 g/mol. The number of rotatable bonds is 7. The van der Waals surface area contributed by atoms with Crippen LogP contribution >= 0.6 is 0 Å². The summed E-state index contributed by atoms with van der Waals surface area (Å²) in [5.74, 6) is -0.866. The number of halogens is 1. The predicted molar refractivity (Wildman–Crippen MR) is 154 cm³/mol. The second kappa shape index (κ2) is 12.0. The summed E-state index contributed by atoms with van der Waals surface area (Å²) < 4.78 is 25.1. The Bertz CT molecular complexity index is 1270. The van der Waals surface area contributed by atoms with Gasteiger partial charge in [0.25, 0.3) is 5.91 Å². The van der Waals surface area contributed by atoms with E-state index in [-0.39, 0.29) is 60.1 Å². The summed E-state index contributed by atoms with van der Waals surface area (Å²) >= 11 is 0. The number of nitrogens with zero attached hydrogens (tertiary/aromatic N) is 4. The van der Waals surface area contributed by atoms with Crippen LogP contribution in [-0.4, -0.2) is 103 Å². The van der Waals surface area contributed by atoms with E-state index in [9.17, 15) is 14.0 Å². The van der Waals surface area contributed by atoms with Crippen LogP contribution in [0.1, 0.15) is 49.3 Å². The number of carbonyl (C=O) groups excluding carboxylic acids is 2. The maximum Gasteiger partial charge on any atom is 0.267 e. The molecule has 1 aromatic heterocycles. The molecule has 5 rings (SSSR count). The summed E-state index contributed by atoms with van der Waals surface area (Å²) in [4.78, 5) is 37.3. The van der Waals surface area contributed by atoms with Crippen LogP contribution in [0.4, 0.5) is 10.1 Å². The lowest BCUT2D eigenvalue weighted by Gasteiger charge is -2.47. The van der Waals surface area contributed by atoms with Gasteiger partial charge in [0.05, 0.1) is 25.8 Å². The maximum atomic E-state index is 14.1. The molecule has 0 radical (unpaired) electrons. The third kappa shape index (κ3) is 6.53. The van der Waals surface area contributed by atoms with Gasteiger partial charge in [-0.15, -0.1) is 0 Å². The zero-order valence-electron chi connectivity index (χ0n) is 24.4. The summed E-state index contributed by atoms with van der Waals surface area (Å²) in [5.41, 5.74) is 7.55. The van der Waals surface area contributed by atoms with Crippen molar-refractivity contribution in [3.05, 3.63) is 53.0 Å². The molecule has 0 saturated carbocycles. The van der Waals surface area contributed by atoms with Crippen molar-refractivity contribution in [1.29, 1.82) is 0 Å². The zero-order chi connectivity index (χ0) is 29.3. The molecule has 0 aliphatic carbocycles. The number of ether oxygens (including phenoxy) is 2. The molecule has 1 aromatic carbocycles. The molecule has 0 spiro atoms. The first-order valence-corrected chi connectivity index (χ1v) is 14.3. The van der Waals surface area contributed by atoms with Crippen molar-refractivity contribution in [3.8, 4) is 5.88 Å². The Labute approximate surface area is 241 Å². The largest absolute Gasteiger partial charge is 0.474 e. The number of amides is 2. The normalized spacial score (nSPS) is 24.9. The molecule has 222 valence electrons. The van der Waals surface area contributed by atoms with Crippen molar-refractivity contribution in [2.24, 2.45) is 5.73 Å². The lowest BCUT2D eigenvalue weighted by atomic mass is 10.00. The van der Waals surface area contributed by atoms with Gasteiger partial charge in [-0.3, -0.25) is 19.4 Å². The van der Waals surface area contributed by atoms with E-state index < -0.39 is 5.91 Å². The number of pyridine rings is 1. The summed E-state index contributed by atoms with van der Waals surface area (Å²) in [6.07, 6.45) is 0.308. The van der Waals surface area contributed by atoms with E-state index in [2.05, 4.69) is 40.9 Å². The Balaban J connectivity index is 1.40. The molecule has 0 unspecified atom stereocenters. The average Bonchev–Trinajstić information content (AvgIpc) is 2.91.